The molecule has 0 aliphatic carbocycles. The summed E-state index contributed by atoms with van der Waals surface area (Å²) in [6.07, 6.45) is 3.03. The van der Waals surface area contributed by atoms with E-state index in [0.29, 0.717) is 10.7 Å². The van der Waals surface area contributed by atoms with E-state index in [2.05, 4.69) is 20.2 Å². The van der Waals surface area contributed by atoms with Gasteiger partial charge in [-0.15, -0.1) is 11.3 Å². The Morgan fingerprint density at radius 3 is 2.79 bits per heavy atom. The Morgan fingerprint density at radius 1 is 1.21 bits per heavy atom. The number of benzene rings is 1. The van der Waals surface area contributed by atoms with Crippen molar-refractivity contribution in [2.24, 2.45) is 0 Å². The Kier molecular flexibility index (Phi) is 3.35. The molecule has 24 heavy (non-hydrogen) atoms. The topological polar surface area (TPSA) is 91.8 Å². The predicted octanol–water partition coefficient (Wildman–Crippen LogP) is 3.76. The fourth-order valence-corrected chi connectivity index (χ4v) is 3.32. The SMILES string of the molecule is Cc1ccccc1-c1[nH]nc2ncc(-c3ncc(C(=O)O)s3)cc12. The average Bonchev–Trinajstić information content (AvgIpc) is 3.22. The van der Waals surface area contributed by atoms with E-state index in [1.807, 2.05) is 37.3 Å². The summed E-state index contributed by atoms with van der Waals surface area (Å²) < 4.78 is 0. The van der Waals surface area contributed by atoms with Crippen molar-refractivity contribution in [3.05, 3.63) is 53.2 Å². The number of nitrogens with zero attached hydrogens (tertiary/aromatic N) is 3. The maximum atomic E-state index is 11.0. The van der Waals surface area contributed by atoms with Crippen LogP contribution in [0.3, 0.4) is 0 Å². The van der Waals surface area contributed by atoms with Crippen molar-refractivity contribution in [3.63, 3.8) is 0 Å². The fourth-order valence-electron chi connectivity index (χ4n) is 2.58. The van der Waals surface area contributed by atoms with Gasteiger partial charge in [0.05, 0.1) is 11.9 Å². The summed E-state index contributed by atoms with van der Waals surface area (Å²) in [7, 11) is 0. The van der Waals surface area contributed by atoms with Crippen molar-refractivity contribution in [2.45, 2.75) is 6.92 Å². The highest BCUT2D eigenvalue weighted by atomic mass is 32.1. The van der Waals surface area contributed by atoms with E-state index in [1.165, 1.54) is 6.20 Å². The van der Waals surface area contributed by atoms with E-state index >= 15 is 0 Å². The Bertz CT molecular complexity index is 1070. The molecule has 7 heteroatoms. The first kappa shape index (κ1) is 14.5. The first-order chi connectivity index (χ1) is 11.6. The number of aromatic nitrogens is 4. The highest BCUT2D eigenvalue weighted by molar-refractivity contribution is 7.16. The fraction of sp³-hybridized carbons (Fsp3) is 0.0588. The number of thiazole rings is 1. The van der Waals surface area contributed by atoms with Gasteiger partial charge in [0.1, 0.15) is 9.88 Å². The van der Waals surface area contributed by atoms with Crippen LogP contribution in [0.1, 0.15) is 15.2 Å². The first-order valence-corrected chi connectivity index (χ1v) is 8.05. The summed E-state index contributed by atoms with van der Waals surface area (Å²) in [6, 6.07) is 9.98. The van der Waals surface area contributed by atoms with Crippen molar-refractivity contribution >= 4 is 28.3 Å². The number of hydrogen-bond acceptors (Lipinski definition) is 5. The van der Waals surface area contributed by atoms with Crippen LogP contribution in [0.4, 0.5) is 0 Å². The minimum absolute atomic E-state index is 0.205. The van der Waals surface area contributed by atoms with Gasteiger partial charge in [0.25, 0.3) is 0 Å². The molecule has 6 nitrogen and oxygen atoms in total. The number of hydrogen-bond donors (Lipinski definition) is 2. The Labute approximate surface area is 140 Å². The summed E-state index contributed by atoms with van der Waals surface area (Å²) in [4.78, 5) is 19.8. The molecular weight excluding hydrogens is 324 g/mol. The third-order valence-corrected chi connectivity index (χ3v) is 4.82. The summed E-state index contributed by atoms with van der Waals surface area (Å²) in [5, 5.41) is 17.9. The van der Waals surface area contributed by atoms with Crippen molar-refractivity contribution in [2.75, 3.05) is 0 Å². The van der Waals surface area contributed by atoms with E-state index in [1.54, 1.807) is 6.20 Å². The van der Waals surface area contributed by atoms with Crippen LogP contribution in [0.25, 0.3) is 32.9 Å². The maximum absolute atomic E-state index is 11.0. The van der Waals surface area contributed by atoms with Gasteiger partial charge in [-0.3, -0.25) is 5.10 Å². The lowest BCUT2D eigenvalue weighted by molar-refractivity contribution is 0.0702. The molecule has 1 aromatic carbocycles. The van der Waals surface area contributed by atoms with Gasteiger partial charge in [0.2, 0.25) is 0 Å². The molecule has 0 atom stereocenters. The van der Waals surface area contributed by atoms with Crippen molar-refractivity contribution < 1.29 is 9.90 Å². The van der Waals surface area contributed by atoms with Crippen LogP contribution < -0.4 is 0 Å². The van der Waals surface area contributed by atoms with Gasteiger partial charge >= 0.3 is 5.97 Å². The molecule has 0 amide bonds. The third kappa shape index (κ3) is 2.35. The summed E-state index contributed by atoms with van der Waals surface area (Å²) >= 11 is 1.13. The first-order valence-electron chi connectivity index (χ1n) is 7.23. The van der Waals surface area contributed by atoms with Crippen LogP contribution in [0.15, 0.2) is 42.7 Å². The zero-order valence-electron chi connectivity index (χ0n) is 12.6. The average molecular weight is 336 g/mol. The molecule has 0 unspecified atom stereocenters. The van der Waals surface area contributed by atoms with E-state index in [0.717, 1.165) is 39.1 Å². The second-order valence-electron chi connectivity index (χ2n) is 5.34. The van der Waals surface area contributed by atoms with E-state index in [-0.39, 0.29) is 4.88 Å². The molecule has 118 valence electrons. The maximum Gasteiger partial charge on any atom is 0.347 e. The molecule has 0 aliphatic heterocycles. The van der Waals surface area contributed by atoms with Crippen molar-refractivity contribution in [1.29, 1.82) is 0 Å². The van der Waals surface area contributed by atoms with Crippen LogP contribution in [-0.4, -0.2) is 31.2 Å². The van der Waals surface area contributed by atoms with Crippen LogP contribution in [0.5, 0.6) is 0 Å². The number of aryl methyl sites for hydroxylation is 1. The number of carboxylic acids is 1. The molecular formula is C17H12N4O2S. The highest BCUT2D eigenvalue weighted by Crippen LogP contribution is 2.32. The van der Waals surface area contributed by atoms with E-state index < -0.39 is 5.97 Å². The van der Waals surface area contributed by atoms with Gasteiger partial charge in [-0.2, -0.15) is 5.10 Å². The molecule has 0 bridgehead atoms. The predicted molar refractivity (Wildman–Crippen MR) is 92.1 cm³/mol. The van der Waals surface area contributed by atoms with Gasteiger partial charge in [0, 0.05) is 22.7 Å². The van der Waals surface area contributed by atoms with Gasteiger partial charge < -0.3 is 5.11 Å². The molecule has 4 rings (SSSR count). The lowest BCUT2D eigenvalue weighted by atomic mass is 10.0. The van der Waals surface area contributed by atoms with E-state index in [9.17, 15) is 4.79 Å². The number of carboxylic acid groups (broad SMARTS) is 1. The highest BCUT2D eigenvalue weighted by Gasteiger charge is 2.14. The number of aromatic carboxylic acids is 1. The van der Waals surface area contributed by atoms with Crippen LogP contribution in [-0.2, 0) is 0 Å². The molecule has 3 heterocycles. The summed E-state index contributed by atoms with van der Waals surface area (Å²) in [5.41, 5.74) is 4.48. The molecule has 0 aliphatic rings. The van der Waals surface area contributed by atoms with Crippen LogP contribution >= 0.6 is 11.3 Å². The van der Waals surface area contributed by atoms with Crippen molar-refractivity contribution in [1.82, 2.24) is 20.2 Å². The second kappa shape index (κ2) is 5.54. The van der Waals surface area contributed by atoms with Crippen LogP contribution in [0.2, 0.25) is 0 Å². The Hall–Kier alpha value is -3.06. The summed E-state index contributed by atoms with van der Waals surface area (Å²) in [6.45, 7) is 2.04. The van der Waals surface area contributed by atoms with Gasteiger partial charge in [-0.1, -0.05) is 24.3 Å². The Morgan fingerprint density at radius 2 is 2.04 bits per heavy atom. The molecule has 0 saturated carbocycles. The van der Waals surface area contributed by atoms with Crippen LogP contribution in [0, 0.1) is 6.92 Å². The zero-order valence-corrected chi connectivity index (χ0v) is 13.5. The molecule has 0 fully saturated rings. The quantitative estimate of drug-likeness (QED) is 0.594. The minimum atomic E-state index is -0.975. The molecule has 2 N–H and O–H groups in total. The van der Waals surface area contributed by atoms with Gasteiger partial charge in [0.15, 0.2) is 5.65 Å². The second-order valence-corrected chi connectivity index (χ2v) is 6.37. The largest absolute Gasteiger partial charge is 0.477 e. The molecule has 0 spiro atoms. The number of nitrogens with one attached hydrogen (secondary N) is 1. The number of rotatable bonds is 3. The van der Waals surface area contributed by atoms with E-state index in [4.69, 9.17) is 5.11 Å². The minimum Gasteiger partial charge on any atom is -0.477 e. The van der Waals surface area contributed by atoms with Gasteiger partial charge in [-0.05, 0) is 18.6 Å². The lowest BCUT2D eigenvalue weighted by Crippen LogP contribution is -1.89. The standard InChI is InChI=1S/C17H12N4O2S/c1-9-4-2-3-5-11(9)14-12-6-10(7-18-15(12)21-20-14)16-19-8-13(24-16)17(22)23/h2-8H,1H3,(H,22,23)(H,18,20,21). The molecule has 0 saturated heterocycles. The molecule has 4 aromatic rings. The number of H-pyrrole nitrogens is 1. The number of aromatic amines is 1. The molecule has 3 aromatic heterocycles. The van der Waals surface area contributed by atoms with Gasteiger partial charge in [-0.25, -0.2) is 14.8 Å². The summed E-state index contributed by atoms with van der Waals surface area (Å²) in [5.74, 6) is -0.975. The monoisotopic (exact) mass is 336 g/mol. The van der Waals surface area contributed by atoms with Crippen molar-refractivity contribution in [3.8, 4) is 21.8 Å². The zero-order chi connectivity index (χ0) is 16.7. The number of fused-ring (bicyclic) bond motifs is 1. The lowest BCUT2D eigenvalue weighted by Gasteiger charge is -2.03. The Balaban J connectivity index is 1.87. The molecule has 0 radical (unpaired) electrons. The number of pyridine rings is 1. The number of carbonyl (C=O) groups is 1. The smallest absolute Gasteiger partial charge is 0.347 e. The third-order valence-electron chi connectivity index (χ3n) is 3.79. The normalized spacial score (nSPS) is 11.0.